The van der Waals surface area contributed by atoms with Gasteiger partial charge in [0.1, 0.15) is 4.70 Å². The van der Waals surface area contributed by atoms with E-state index in [1.54, 1.807) is 22.8 Å². The maximum atomic E-state index is 13.4. The zero-order valence-electron chi connectivity index (χ0n) is 19.2. The third-order valence-corrected chi connectivity index (χ3v) is 8.11. The Balaban J connectivity index is 1.29. The first-order valence-electron chi connectivity index (χ1n) is 11.3. The fraction of sp³-hybridized carbons (Fsp3) is 0.240. The van der Waals surface area contributed by atoms with Gasteiger partial charge >= 0.3 is 0 Å². The molecular weight excluding hydrogens is 502 g/mol. The molecule has 2 aliphatic rings. The molecule has 0 aliphatic carbocycles. The zero-order chi connectivity index (χ0) is 24.6. The first-order valence-corrected chi connectivity index (χ1v) is 13.1. The molecule has 0 radical (unpaired) electrons. The van der Waals surface area contributed by atoms with E-state index in [1.807, 2.05) is 36.6 Å². The summed E-state index contributed by atoms with van der Waals surface area (Å²) in [7, 11) is 0. The van der Waals surface area contributed by atoms with E-state index in [1.165, 1.54) is 23.1 Å². The molecule has 0 saturated carbocycles. The third kappa shape index (κ3) is 4.24. The number of fused-ring (bicyclic) bond motifs is 3. The number of aromatic nitrogens is 2. The van der Waals surface area contributed by atoms with E-state index in [0.717, 1.165) is 5.56 Å². The van der Waals surface area contributed by atoms with Crippen LogP contribution >= 0.6 is 23.1 Å². The second-order valence-corrected chi connectivity index (χ2v) is 10.3. The average molecular weight is 524 g/mol. The van der Waals surface area contributed by atoms with Crippen molar-refractivity contribution < 1.29 is 23.7 Å². The van der Waals surface area contributed by atoms with Crippen LogP contribution in [0.25, 0.3) is 10.2 Å². The summed E-state index contributed by atoms with van der Waals surface area (Å²) >= 11 is 2.64. The minimum atomic E-state index is -0.471. The van der Waals surface area contributed by atoms with Crippen molar-refractivity contribution in [1.82, 2.24) is 9.55 Å². The van der Waals surface area contributed by atoms with Gasteiger partial charge in [-0.25, -0.2) is 4.98 Å². The van der Waals surface area contributed by atoms with Crippen molar-refractivity contribution in [3.8, 4) is 23.0 Å². The summed E-state index contributed by atoms with van der Waals surface area (Å²) in [5.41, 5.74) is 1.97. The van der Waals surface area contributed by atoms with Gasteiger partial charge < -0.3 is 24.3 Å². The van der Waals surface area contributed by atoms with Crippen molar-refractivity contribution in [2.45, 2.75) is 30.3 Å². The molecule has 36 heavy (non-hydrogen) atoms. The SMILES string of the molecule is CC[C@@H](Sc1nc2ccsc2c(=O)n1Cc1ccc2c(c1)OCO2)C(=O)Nc1ccc2c(c1)OCO2. The van der Waals surface area contributed by atoms with Crippen LogP contribution in [0.3, 0.4) is 0 Å². The number of ether oxygens (including phenoxy) is 4. The number of hydrogen-bond donors (Lipinski definition) is 1. The summed E-state index contributed by atoms with van der Waals surface area (Å²) in [5, 5.41) is 4.81. The molecular formula is C25H21N3O6S2. The van der Waals surface area contributed by atoms with E-state index < -0.39 is 5.25 Å². The van der Waals surface area contributed by atoms with Gasteiger partial charge in [-0.2, -0.15) is 0 Å². The Hall–Kier alpha value is -3.70. The van der Waals surface area contributed by atoms with E-state index in [2.05, 4.69) is 5.32 Å². The van der Waals surface area contributed by atoms with Gasteiger partial charge in [0.15, 0.2) is 28.2 Å². The second kappa shape index (κ2) is 9.40. The predicted octanol–water partition coefficient (Wildman–Crippen LogP) is 4.47. The number of thiophene rings is 1. The lowest BCUT2D eigenvalue weighted by Gasteiger charge is -2.18. The Morgan fingerprint density at radius 3 is 2.56 bits per heavy atom. The van der Waals surface area contributed by atoms with Crippen LogP contribution in [-0.2, 0) is 11.3 Å². The van der Waals surface area contributed by atoms with Crippen LogP contribution in [0.2, 0.25) is 0 Å². The molecule has 6 rings (SSSR count). The molecule has 2 aromatic heterocycles. The molecule has 0 bridgehead atoms. The van der Waals surface area contributed by atoms with Gasteiger partial charge in [0.2, 0.25) is 19.5 Å². The minimum Gasteiger partial charge on any atom is -0.454 e. The number of thioether (sulfide) groups is 1. The Labute approximate surface area is 214 Å². The number of carbonyl (C=O) groups excluding carboxylic acids is 1. The first kappa shape index (κ1) is 22.7. The number of rotatable bonds is 7. The Morgan fingerprint density at radius 1 is 1.06 bits per heavy atom. The molecule has 2 aromatic carbocycles. The quantitative estimate of drug-likeness (QED) is 0.280. The smallest absolute Gasteiger partial charge is 0.272 e. The summed E-state index contributed by atoms with van der Waals surface area (Å²) in [6.45, 7) is 2.57. The number of benzene rings is 2. The highest BCUT2D eigenvalue weighted by Crippen LogP contribution is 2.35. The maximum Gasteiger partial charge on any atom is 0.272 e. The Kier molecular flexibility index (Phi) is 5.94. The minimum absolute atomic E-state index is 0.138. The highest BCUT2D eigenvalue weighted by molar-refractivity contribution is 8.00. The predicted molar refractivity (Wildman–Crippen MR) is 137 cm³/mol. The largest absolute Gasteiger partial charge is 0.454 e. The van der Waals surface area contributed by atoms with Crippen molar-refractivity contribution in [2.24, 2.45) is 0 Å². The van der Waals surface area contributed by atoms with Crippen molar-refractivity contribution >= 4 is 44.9 Å². The lowest BCUT2D eigenvalue weighted by atomic mass is 10.2. The summed E-state index contributed by atoms with van der Waals surface area (Å²) < 4.78 is 23.8. The lowest BCUT2D eigenvalue weighted by Crippen LogP contribution is -2.28. The number of nitrogens with one attached hydrogen (secondary N) is 1. The van der Waals surface area contributed by atoms with Gasteiger partial charge in [-0.15, -0.1) is 11.3 Å². The van der Waals surface area contributed by atoms with Gasteiger partial charge in [0, 0.05) is 11.8 Å². The summed E-state index contributed by atoms with van der Waals surface area (Å²) in [6.07, 6.45) is 0.544. The molecule has 0 saturated heterocycles. The molecule has 1 N–H and O–H groups in total. The number of amides is 1. The topological polar surface area (TPSA) is 101 Å². The van der Waals surface area contributed by atoms with Gasteiger partial charge in [-0.3, -0.25) is 14.2 Å². The van der Waals surface area contributed by atoms with E-state index in [-0.39, 0.29) is 25.1 Å². The number of hydrogen-bond acceptors (Lipinski definition) is 9. The van der Waals surface area contributed by atoms with E-state index >= 15 is 0 Å². The van der Waals surface area contributed by atoms with Gasteiger partial charge in [0.05, 0.1) is 17.3 Å². The molecule has 2 aliphatic heterocycles. The Bertz CT molecular complexity index is 1530. The summed E-state index contributed by atoms with van der Waals surface area (Å²) in [5.74, 6) is 2.38. The van der Waals surface area contributed by atoms with Crippen molar-refractivity contribution in [3.63, 3.8) is 0 Å². The molecule has 11 heteroatoms. The molecule has 4 aromatic rings. The van der Waals surface area contributed by atoms with Gasteiger partial charge in [-0.05, 0) is 47.7 Å². The van der Waals surface area contributed by atoms with Gasteiger partial charge in [-0.1, -0.05) is 24.8 Å². The van der Waals surface area contributed by atoms with Crippen LogP contribution in [0.1, 0.15) is 18.9 Å². The van der Waals surface area contributed by atoms with Crippen LogP contribution < -0.4 is 29.8 Å². The summed E-state index contributed by atoms with van der Waals surface area (Å²) in [6, 6.07) is 12.7. The average Bonchev–Trinajstić information content (AvgIpc) is 3.64. The molecule has 1 amide bonds. The summed E-state index contributed by atoms with van der Waals surface area (Å²) in [4.78, 5) is 31.4. The van der Waals surface area contributed by atoms with Crippen LogP contribution in [0.4, 0.5) is 5.69 Å². The molecule has 0 spiro atoms. The fourth-order valence-corrected chi connectivity index (χ4v) is 5.81. The standard InChI is InChI=1S/C25H21N3O6S2/c1-2-21(23(29)26-15-4-6-18-20(10-15)34-13-32-18)36-25-27-16-7-8-35-22(16)24(30)28(25)11-14-3-5-17-19(9-14)33-12-31-17/h3-10,21H,2,11-13H2,1H3,(H,26,29)/t21-/m1/s1. The molecule has 4 heterocycles. The van der Waals surface area contributed by atoms with Crippen molar-refractivity contribution in [3.05, 3.63) is 63.8 Å². The van der Waals surface area contributed by atoms with E-state index in [4.69, 9.17) is 23.9 Å². The van der Waals surface area contributed by atoms with E-state index in [9.17, 15) is 9.59 Å². The van der Waals surface area contributed by atoms with Gasteiger partial charge in [0.25, 0.3) is 5.56 Å². The van der Waals surface area contributed by atoms with Crippen LogP contribution in [0.15, 0.2) is 57.8 Å². The fourth-order valence-electron chi connectivity index (χ4n) is 4.02. The molecule has 0 fully saturated rings. The van der Waals surface area contributed by atoms with Crippen molar-refractivity contribution in [1.29, 1.82) is 0 Å². The molecule has 0 unspecified atom stereocenters. The lowest BCUT2D eigenvalue weighted by molar-refractivity contribution is -0.115. The van der Waals surface area contributed by atoms with Crippen LogP contribution in [-0.4, -0.2) is 34.3 Å². The monoisotopic (exact) mass is 523 g/mol. The molecule has 9 nitrogen and oxygen atoms in total. The normalized spacial score (nSPS) is 14.2. The third-order valence-electron chi connectivity index (χ3n) is 5.86. The first-order chi connectivity index (χ1) is 17.6. The molecule has 1 atom stereocenters. The second-order valence-electron chi connectivity index (χ2n) is 8.18. The highest BCUT2D eigenvalue weighted by atomic mass is 32.2. The Morgan fingerprint density at radius 2 is 1.78 bits per heavy atom. The highest BCUT2D eigenvalue weighted by Gasteiger charge is 2.24. The van der Waals surface area contributed by atoms with Crippen molar-refractivity contribution in [2.75, 3.05) is 18.9 Å². The molecule has 184 valence electrons. The van der Waals surface area contributed by atoms with Crippen LogP contribution in [0.5, 0.6) is 23.0 Å². The maximum absolute atomic E-state index is 13.4. The number of nitrogens with zero attached hydrogens (tertiary/aromatic N) is 2. The number of carbonyl (C=O) groups is 1. The number of anilines is 1. The van der Waals surface area contributed by atoms with E-state index in [0.29, 0.717) is 57.0 Å². The van der Waals surface area contributed by atoms with Crippen LogP contribution in [0, 0.1) is 0 Å². The zero-order valence-corrected chi connectivity index (χ0v) is 20.8.